The van der Waals surface area contributed by atoms with Gasteiger partial charge in [0.2, 0.25) is 6.79 Å². The predicted octanol–water partition coefficient (Wildman–Crippen LogP) is 3.58. The Morgan fingerprint density at radius 3 is 2.68 bits per heavy atom. The summed E-state index contributed by atoms with van der Waals surface area (Å²) in [5.41, 5.74) is 4.12. The third kappa shape index (κ3) is 2.75. The first-order chi connectivity index (χ1) is 13.7. The molecular weight excluding hydrogens is 354 g/mol. The van der Waals surface area contributed by atoms with Gasteiger partial charge in [0, 0.05) is 18.0 Å². The van der Waals surface area contributed by atoms with Gasteiger partial charge in [0.15, 0.2) is 11.5 Å². The second-order valence-electron chi connectivity index (χ2n) is 6.60. The van der Waals surface area contributed by atoms with Gasteiger partial charge in [-0.15, -0.1) is 0 Å². The van der Waals surface area contributed by atoms with E-state index in [1.54, 1.807) is 33.6 Å². The average Bonchev–Trinajstić information content (AvgIpc) is 3.37. The molecule has 0 fully saturated rings. The Morgan fingerprint density at radius 1 is 1.04 bits per heavy atom. The first-order valence-corrected chi connectivity index (χ1v) is 8.91. The van der Waals surface area contributed by atoms with Crippen molar-refractivity contribution < 1.29 is 9.47 Å². The van der Waals surface area contributed by atoms with E-state index in [0.29, 0.717) is 23.5 Å². The SMILES string of the molecule is C=Cc1ccc(Cn2ccn3nc(-c4ccc5c(c4)OCO5)cc3c2=O)cc1. The molecule has 0 atom stereocenters. The molecule has 1 aliphatic heterocycles. The van der Waals surface area contributed by atoms with Crippen LogP contribution in [0.2, 0.25) is 0 Å². The molecule has 0 amide bonds. The molecule has 0 unspecified atom stereocenters. The van der Waals surface area contributed by atoms with Crippen LogP contribution in [0, 0.1) is 0 Å². The van der Waals surface area contributed by atoms with E-state index >= 15 is 0 Å². The molecule has 0 saturated heterocycles. The van der Waals surface area contributed by atoms with Crippen molar-refractivity contribution in [3.05, 3.63) is 89.0 Å². The van der Waals surface area contributed by atoms with Crippen molar-refractivity contribution >= 4 is 11.6 Å². The molecule has 0 saturated carbocycles. The van der Waals surface area contributed by atoms with E-state index in [-0.39, 0.29) is 12.4 Å². The fraction of sp³-hybridized carbons (Fsp3) is 0.0909. The van der Waals surface area contributed by atoms with Gasteiger partial charge in [0.1, 0.15) is 5.52 Å². The molecule has 2 aromatic heterocycles. The Balaban J connectivity index is 1.51. The van der Waals surface area contributed by atoms with E-state index in [4.69, 9.17) is 9.47 Å². The quantitative estimate of drug-likeness (QED) is 0.550. The summed E-state index contributed by atoms with van der Waals surface area (Å²) >= 11 is 0. The standard InChI is InChI=1S/C22H17N3O3/c1-2-15-3-5-16(6-4-15)13-24-9-10-25-19(22(24)26)12-18(23-25)17-7-8-20-21(11-17)28-14-27-20/h2-12H,1,13-14H2. The molecule has 0 spiro atoms. The number of nitrogens with zero attached hydrogens (tertiary/aromatic N) is 3. The minimum Gasteiger partial charge on any atom is -0.454 e. The summed E-state index contributed by atoms with van der Waals surface area (Å²) in [5, 5.41) is 4.54. The van der Waals surface area contributed by atoms with Crippen LogP contribution in [0.5, 0.6) is 11.5 Å². The number of benzene rings is 2. The van der Waals surface area contributed by atoms with Crippen molar-refractivity contribution in [3.63, 3.8) is 0 Å². The van der Waals surface area contributed by atoms with Crippen molar-refractivity contribution in [2.24, 2.45) is 0 Å². The summed E-state index contributed by atoms with van der Waals surface area (Å²) in [6.07, 6.45) is 5.35. The number of hydrogen-bond acceptors (Lipinski definition) is 4. The van der Waals surface area contributed by atoms with Crippen LogP contribution in [0.1, 0.15) is 11.1 Å². The molecule has 138 valence electrons. The Kier molecular flexibility index (Phi) is 3.76. The molecule has 0 N–H and O–H groups in total. The van der Waals surface area contributed by atoms with Gasteiger partial charge in [-0.05, 0) is 35.4 Å². The van der Waals surface area contributed by atoms with Gasteiger partial charge in [-0.1, -0.05) is 36.9 Å². The molecule has 0 aliphatic carbocycles. The first kappa shape index (κ1) is 16.4. The molecular formula is C22H17N3O3. The summed E-state index contributed by atoms with van der Waals surface area (Å²) < 4.78 is 14.1. The molecule has 1 aliphatic rings. The zero-order valence-electron chi connectivity index (χ0n) is 15.0. The smallest absolute Gasteiger partial charge is 0.276 e. The highest BCUT2D eigenvalue weighted by molar-refractivity contribution is 5.68. The Labute approximate surface area is 160 Å². The molecule has 6 heteroatoms. The lowest BCUT2D eigenvalue weighted by Gasteiger charge is -2.06. The van der Waals surface area contributed by atoms with Gasteiger partial charge in [0.25, 0.3) is 5.56 Å². The van der Waals surface area contributed by atoms with E-state index < -0.39 is 0 Å². The van der Waals surface area contributed by atoms with E-state index in [1.807, 2.05) is 42.5 Å². The van der Waals surface area contributed by atoms with Crippen LogP contribution in [0.25, 0.3) is 22.9 Å². The van der Waals surface area contributed by atoms with Crippen LogP contribution in [-0.4, -0.2) is 21.0 Å². The second kappa shape index (κ2) is 6.42. The van der Waals surface area contributed by atoms with Gasteiger partial charge in [0.05, 0.1) is 12.2 Å². The van der Waals surface area contributed by atoms with Gasteiger partial charge in [-0.25, -0.2) is 4.52 Å². The molecule has 5 rings (SSSR count). The third-order valence-corrected chi connectivity index (χ3v) is 4.84. The normalized spacial score (nSPS) is 12.4. The van der Waals surface area contributed by atoms with E-state index in [2.05, 4.69) is 11.7 Å². The molecule has 4 aromatic rings. The summed E-state index contributed by atoms with van der Waals surface area (Å²) in [6.45, 7) is 4.48. The Bertz CT molecular complexity index is 1250. The number of ether oxygens (including phenoxy) is 2. The van der Waals surface area contributed by atoms with Crippen molar-refractivity contribution in [2.45, 2.75) is 6.54 Å². The van der Waals surface area contributed by atoms with Crippen molar-refractivity contribution in [2.75, 3.05) is 6.79 Å². The zero-order valence-corrected chi connectivity index (χ0v) is 15.0. The van der Waals surface area contributed by atoms with Crippen LogP contribution >= 0.6 is 0 Å². The van der Waals surface area contributed by atoms with Crippen LogP contribution in [-0.2, 0) is 6.54 Å². The molecule has 6 nitrogen and oxygen atoms in total. The second-order valence-corrected chi connectivity index (χ2v) is 6.60. The molecule has 0 radical (unpaired) electrons. The maximum atomic E-state index is 12.9. The minimum absolute atomic E-state index is 0.0882. The maximum absolute atomic E-state index is 12.9. The van der Waals surface area contributed by atoms with E-state index in [0.717, 1.165) is 22.4 Å². The minimum atomic E-state index is -0.0882. The van der Waals surface area contributed by atoms with Crippen LogP contribution in [0.3, 0.4) is 0 Å². The molecule has 28 heavy (non-hydrogen) atoms. The highest BCUT2D eigenvalue weighted by Gasteiger charge is 2.16. The number of fused-ring (bicyclic) bond motifs is 2. The predicted molar refractivity (Wildman–Crippen MR) is 107 cm³/mol. The van der Waals surface area contributed by atoms with E-state index in [1.165, 1.54) is 0 Å². The zero-order chi connectivity index (χ0) is 19.1. The number of rotatable bonds is 4. The lowest BCUT2D eigenvalue weighted by Crippen LogP contribution is -2.21. The monoisotopic (exact) mass is 371 g/mol. The summed E-state index contributed by atoms with van der Waals surface area (Å²) in [7, 11) is 0. The van der Waals surface area contributed by atoms with Crippen molar-refractivity contribution in [3.8, 4) is 22.8 Å². The first-order valence-electron chi connectivity index (χ1n) is 8.91. The van der Waals surface area contributed by atoms with Crippen molar-refractivity contribution in [1.29, 1.82) is 0 Å². The van der Waals surface area contributed by atoms with Crippen LogP contribution < -0.4 is 15.0 Å². The van der Waals surface area contributed by atoms with Gasteiger partial charge >= 0.3 is 0 Å². The van der Waals surface area contributed by atoms with Crippen molar-refractivity contribution in [1.82, 2.24) is 14.2 Å². The highest BCUT2D eigenvalue weighted by atomic mass is 16.7. The lowest BCUT2D eigenvalue weighted by molar-refractivity contribution is 0.174. The average molecular weight is 371 g/mol. The number of aromatic nitrogens is 3. The van der Waals surface area contributed by atoms with Crippen LogP contribution in [0.15, 0.2) is 72.3 Å². The largest absolute Gasteiger partial charge is 0.454 e. The summed E-state index contributed by atoms with van der Waals surface area (Å²) in [5.74, 6) is 1.41. The number of hydrogen-bond donors (Lipinski definition) is 0. The highest BCUT2D eigenvalue weighted by Crippen LogP contribution is 2.35. The summed E-state index contributed by atoms with van der Waals surface area (Å²) in [4.78, 5) is 12.9. The Hall–Kier alpha value is -3.80. The molecule has 2 aromatic carbocycles. The molecule has 3 heterocycles. The molecule has 0 bridgehead atoms. The van der Waals surface area contributed by atoms with Gasteiger partial charge in [-0.3, -0.25) is 4.79 Å². The van der Waals surface area contributed by atoms with Gasteiger partial charge < -0.3 is 14.0 Å². The fourth-order valence-corrected chi connectivity index (χ4v) is 3.30. The van der Waals surface area contributed by atoms with E-state index in [9.17, 15) is 4.79 Å². The Morgan fingerprint density at radius 2 is 1.86 bits per heavy atom. The maximum Gasteiger partial charge on any atom is 0.276 e. The topological polar surface area (TPSA) is 57.8 Å². The summed E-state index contributed by atoms with van der Waals surface area (Å²) in [6, 6.07) is 15.4. The fourth-order valence-electron chi connectivity index (χ4n) is 3.30. The third-order valence-electron chi connectivity index (χ3n) is 4.84. The lowest BCUT2D eigenvalue weighted by atomic mass is 10.1. The van der Waals surface area contributed by atoms with Gasteiger partial charge in [-0.2, -0.15) is 5.10 Å². The van der Waals surface area contributed by atoms with Crippen LogP contribution in [0.4, 0.5) is 0 Å².